The number of carboxylic acid groups (broad SMARTS) is 1. The van der Waals surface area contributed by atoms with Gasteiger partial charge in [0.25, 0.3) is 0 Å². The lowest BCUT2D eigenvalue weighted by Crippen LogP contribution is -2.46. The van der Waals surface area contributed by atoms with Crippen molar-refractivity contribution in [1.82, 2.24) is 4.90 Å². The predicted octanol–water partition coefficient (Wildman–Crippen LogP) is 4.42. The average molecular weight is 303 g/mol. The second-order valence-electron chi connectivity index (χ2n) is 6.34. The average Bonchev–Trinajstić information content (AvgIpc) is 2.56. The third-order valence-corrected chi connectivity index (χ3v) is 4.83. The first kappa shape index (κ1) is 17.0. The summed E-state index contributed by atoms with van der Waals surface area (Å²) in [5.74, 6) is -0.661. The van der Waals surface area contributed by atoms with Crippen molar-refractivity contribution in [2.75, 3.05) is 6.54 Å². The van der Waals surface area contributed by atoms with E-state index in [0.717, 1.165) is 51.5 Å². The van der Waals surface area contributed by atoms with E-state index in [0.29, 0.717) is 0 Å². The molecule has 1 saturated heterocycles. The van der Waals surface area contributed by atoms with Crippen molar-refractivity contribution in [3.05, 3.63) is 35.4 Å². The maximum atomic E-state index is 11.6. The molecule has 0 aliphatic carbocycles. The van der Waals surface area contributed by atoms with Crippen LogP contribution in [0.5, 0.6) is 0 Å². The van der Waals surface area contributed by atoms with Crippen LogP contribution in [0.3, 0.4) is 0 Å². The Morgan fingerprint density at radius 1 is 1.27 bits per heavy atom. The number of carboxylic acids is 1. The maximum Gasteiger partial charge on any atom is 0.320 e. The molecule has 22 heavy (non-hydrogen) atoms. The second kappa shape index (κ2) is 8.33. The number of carbonyl (C=O) groups is 1. The molecule has 1 aliphatic heterocycles. The largest absolute Gasteiger partial charge is 0.480 e. The number of benzene rings is 1. The zero-order chi connectivity index (χ0) is 15.9. The number of likely N-dealkylation sites (tertiary alicyclic amines) is 1. The van der Waals surface area contributed by atoms with Crippen LogP contribution in [0, 0.1) is 0 Å². The highest BCUT2D eigenvalue weighted by Crippen LogP contribution is 2.32. The van der Waals surface area contributed by atoms with Crippen LogP contribution in [0.15, 0.2) is 24.3 Å². The highest BCUT2D eigenvalue weighted by atomic mass is 16.4. The van der Waals surface area contributed by atoms with Crippen LogP contribution in [0.2, 0.25) is 0 Å². The van der Waals surface area contributed by atoms with E-state index in [1.54, 1.807) is 0 Å². The Bertz CT molecular complexity index is 469. The van der Waals surface area contributed by atoms with E-state index in [1.165, 1.54) is 11.1 Å². The van der Waals surface area contributed by atoms with Gasteiger partial charge in [0.05, 0.1) is 0 Å². The van der Waals surface area contributed by atoms with E-state index in [1.807, 2.05) is 0 Å². The van der Waals surface area contributed by atoms with Gasteiger partial charge in [0, 0.05) is 6.04 Å². The van der Waals surface area contributed by atoms with Crippen LogP contribution < -0.4 is 0 Å². The van der Waals surface area contributed by atoms with Gasteiger partial charge < -0.3 is 5.11 Å². The Kier molecular flexibility index (Phi) is 6.44. The van der Waals surface area contributed by atoms with E-state index < -0.39 is 5.97 Å². The van der Waals surface area contributed by atoms with E-state index in [4.69, 9.17) is 0 Å². The van der Waals surface area contributed by atoms with Crippen LogP contribution in [0.25, 0.3) is 0 Å². The summed E-state index contributed by atoms with van der Waals surface area (Å²) in [5.41, 5.74) is 2.62. The fourth-order valence-electron chi connectivity index (χ4n) is 3.49. The molecule has 0 radical (unpaired) electrons. The zero-order valence-corrected chi connectivity index (χ0v) is 13.9. The number of rotatable bonds is 7. The van der Waals surface area contributed by atoms with Crippen LogP contribution in [0.1, 0.15) is 69.5 Å². The maximum absolute atomic E-state index is 11.6. The summed E-state index contributed by atoms with van der Waals surface area (Å²) in [6.45, 7) is 5.26. The van der Waals surface area contributed by atoms with Crippen molar-refractivity contribution in [2.45, 2.75) is 70.9 Å². The van der Waals surface area contributed by atoms with Crippen molar-refractivity contribution >= 4 is 5.97 Å². The summed E-state index contributed by atoms with van der Waals surface area (Å²) < 4.78 is 0. The molecule has 0 amide bonds. The van der Waals surface area contributed by atoms with E-state index in [-0.39, 0.29) is 12.1 Å². The molecule has 1 aromatic carbocycles. The molecule has 3 heteroatoms. The van der Waals surface area contributed by atoms with Gasteiger partial charge in [-0.3, -0.25) is 9.69 Å². The van der Waals surface area contributed by atoms with Gasteiger partial charge in [-0.05, 0) is 43.4 Å². The fourth-order valence-corrected chi connectivity index (χ4v) is 3.49. The van der Waals surface area contributed by atoms with Crippen LogP contribution in [0.4, 0.5) is 0 Å². The zero-order valence-electron chi connectivity index (χ0n) is 13.9. The van der Waals surface area contributed by atoms with Crippen LogP contribution in [-0.2, 0) is 11.2 Å². The molecule has 1 fully saturated rings. The normalized spacial score (nSPS) is 20.7. The lowest BCUT2D eigenvalue weighted by molar-refractivity contribution is -0.146. The summed E-state index contributed by atoms with van der Waals surface area (Å²) in [6.07, 6.45) is 7.30. The van der Waals surface area contributed by atoms with Crippen LogP contribution in [-0.4, -0.2) is 28.6 Å². The molecule has 1 aromatic rings. The summed E-state index contributed by atoms with van der Waals surface area (Å²) in [4.78, 5) is 13.9. The van der Waals surface area contributed by atoms with Gasteiger partial charge in [-0.1, -0.05) is 57.4 Å². The van der Waals surface area contributed by atoms with Crippen molar-refractivity contribution in [3.8, 4) is 0 Å². The lowest BCUT2D eigenvalue weighted by atomic mass is 9.92. The molecular weight excluding hydrogens is 274 g/mol. The molecule has 1 heterocycles. The monoisotopic (exact) mass is 303 g/mol. The predicted molar refractivity (Wildman–Crippen MR) is 90.1 cm³/mol. The Labute approximate surface area is 134 Å². The summed E-state index contributed by atoms with van der Waals surface area (Å²) in [7, 11) is 0. The van der Waals surface area contributed by atoms with Crippen LogP contribution >= 0.6 is 0 Å². The molecule has 1 aliphatic rings. The summed E-state index contributed by atoms with van der Waals surface area (Å²) in [6, 6.07) is 8.70. The highest BCUT2D eigenvalue weighted by Gasteiger charge is 2.33. The third kappa shape index (κ3) is 4.10. The van der Waals surface area contributed by atoms with Crippen molar-refractivity contribution in [3.63, 3.8) is 0 Å². The molecule has 122 valence electrons. The number of piperidine rings is 1. The molecule has 0 spiro atoms. The summed E-state index contributed by atoms with van der Waals surface area (Å²) >= 11 is 0. The molecule has 0 bridgehead atoms. The summed E-state index contributed by atoms with van der Waals surface area (Å²) in [5, 5.41) is 9.57. The first-order chi connectivity index (χ1) is 10.7. The molecule has 2 rings (SSSR count). The Morgan fingerprint density at radius 2 is 2.00 bits per heavy atom. The van der Waals surface area contributed by atoms with Gasteiger partial charge in [0.15, 0.2) is 0 Å². The van der Waals surface area contributed by atoms with Crippen molar-refractivity contribution in [1.29, 1.82) is 0 Å². The van der Waals surface area contributed by atoms with Crippen molar-refractivity contribution in [2.24, 2.45) is 0 Å². The minimum atomic E-state index is -0.661. The van der Waals surface area contributed by atoms with Gasteiger partial charge >= 0.3 is 5.97 Å². The van der Waals surface area contributed by atoms with Gasteiger partial charge in [-0.2, -0.15) is 0 Å². The number of aliphatic carboxylic acids is 1. The Balaban J connectivity index is 2.24. The first-order valence-corrected chi connectivity index (χ1v) is 8.74. The highest BCUT2D eigenvalue weighted by molar-refractivity contribution is 5.73. The Morgan fingerprint density at radius 3 is 2.59 bits per heavy atom. The van der Waals surface area contributed by atoms with Gasteiger partial charge in [0.2, 0.25) is 0 Å². The van der Waals surface area contributed by atoms with Gasteiger partial charge in [0.1, 0.15) is 6.04 Å². The number of aryl methyl sites for hydroxylation is 1. The molecule has 0 aromatic heterocycles. The topological polar surface area (TPSA) is 40.5 Å². The lowest BCUT2D eigenvalue weighted by Gasteiger charge is -2.39. The minimum Gasteiger partial charge on any atom is -0.480 e. The third-order valence-electron chi connectivity index (χ3n) is 4.83. The first-order valence-electron chi connectivity index (χ1n) is 8.74. The molecule has 0 saturated carbocycles. The van der Waals surface area contributed by atoms with Crippen molar-refractivity contribution < 1.29 is 9.90 Å². The molecule has 1 N–H and O–H groups in total. The minimum absolute atomic E-state index is 0.243. The number of nitrogens with zero attached hydrogens (tertiary/aromatic N) is 1. The van der Waals surface area contributed by atoms with E-state index >= 15 is 0 Å². The molecule has 2 unspecified atom stereocenters. The number of hydrogen-bond acceptors (Lipinski definition) is 2. The Hall–Kier alpha value is -1.35. The van der Waals surface area contributed by atoms with Gasteiger partial charge in [-0.15, -0.1) is 0 Å². The fraction of sp³-hybridized carbons (Fsp3) is 0.632. The van der Waals surface area contributed by atoms with E-state index in [9.17, 15) is 9.90 Å². The second-order valence-corrected chi connectivity index (χ2v) is 6.34. The number of hydrogen-bond donors (Lipinski definition) is 1. The molecular formula is C19H29NO2. The molecule has 2 atom stereocenters. The van der Waals surface area contributed by atoms with E-state index in [2.05, 4.69) is 43.0 Å². The number of unbranched alkanes of at least 4 members (excludes halogenated alkanes) is 1. The standard InChI is InChI=1S/C19H29NO2/c1-3-5-8-17(16-12-10-15(4-2)11-13-16)20-14-7-6-9-18(20)19(21)22/h10-13,17-18H,3-9,14H2,1-2H3,(H,21,22). The molecule has 3 nitrogen and oxygen atoms in total. The SMILES string of the molecule is CCCCC(c1ccc(CC)cc1)N1CCCCC1C(=O)O. The smallest absolute Gasteiger partial charge is 0.320 e. The van der Waals surface area contributed by atoms with Gasteiger partial charge in [-0.25, -0.2) is 0 Å². The quantitative estimate of drug-likeness (QED) is 0.810.